The van der Waals surface area contributed by atoms with Gasteiger partial charge in [0.2, 0.25) is 5.16 Å². The van der Waals surface area contributed by atoms with Crippen LogP contribution in [-0.4, -0.2) is 26.3 Å². The number of aromatic nitrogens is 3. The van der Waals surface area contributed by atoms with Crippen LogP contribution in [0.15, 0.2) is 46.5 Å². The quantitative estimate of drug-likeness (QED) is 0.154. The van der Waals surface area contributed by atoms with E-state index in [1.807, 2.05) is 43.3 Å². The van der Waals surface area contributed by atoms with Crippen LogP contribution in [-0.2, 0) is 17.8 Å². The topological polar surface area (TPSA) is 88.1 Å². The molecule has 0 amide bonds. The molecule has 0 saturated carbocycles. The van der Waals surface area contributed by atoms with E-state index in [9.17, 15) is 9.90 Å². The fraction of sp³-hybridized carbons (Fsp3) is 0.190. The largest absolute Gasteiger partial charge is 0.487 e. The van der Waals surface area contributed by atoms with Crippen LogP contribution in [0.5, 0.6) is 5.75 Å². The molecule has 2 N–H and O–H groups in total. The van der Waals surface area contributed by atoms with Crippen molar-refractivity contribution in [2.45, 2.75) is 31.5 Å². The van der Waals surface area contributed by atoms with Crippen molar-refractivity contribution >= 4 is 80.6 Å². The summed E-state index contributed by atoms with van der Waals surface area (Å²) in [6.45, 7) is 2.39. The number of carboxylic acids is 1. The maximum atomic E-state index is 11.8. The third-order valence-electron chi connectivity index (χ3n) is 4.06. The molecule has 162 valence electrons. The molecular weight excluding hydrogens is 664 g/mol. The van der Waals surface area contributed by atoms with Crippen molar-refractivity contribution in [1.82, 2.24) is 15.2 Å². The van der Waals surface area contributed by atoms with Crippen molar-refractivity contribution in [3.05, 3.63) is 70.4 Å². The molecule has 0 fully saturated rings. The van der Waals surface area contributed by atoms with Gasteiger partial charge in [0.15, 0.2) is 0 Å². The minimum atomic E-state index is -1.03. The second-order valence-electron chi connectivity index (χ2n) is 6.42. The summed E-state index contributed by atoms with van der Waals surface area (Å²) in [5.41, 5.74) is 1.66. The lowest BCUT2D eigenvalue weighted by Gasteiger charge is -2.12. The fourth-order valence-electron chi connectivity index (χ4n) is 2.62. The highest BCUT2D eigenvalue weighted by molar-refractivity contribution is 14.1. The van der Waals surface area contributed by atoms with Gasteiger partial charge in [0.25, 0.3) is 0 Å². The number of halogens is 3. The standard InChI is InChI=1S/C21H18ClI2N3O3S/c1-2-5-18-25-21(27-26-18)31-17(20(28)29)10-12-8-15(23)19(16(24)9-12)30-11-13-6-3-4-7-14(13)22/h3-4,6-10H,2,5,11H2,1H3,(H,28,29)(H,25,26,27)/b17-10-. The Morgan fingerprint density at radius 3 is 2.65 bits per heavy atom. The Labute approximate surface area is 216 Å². The van der Waals surface area contributed by atoms with E-state index in [1.54, 1.807) is 6.08 Å². The molecule has 0 aliphatic heterocycles. The Balaban J connectivity index is 1.79. The molecule has 31 heavy (non-hydrogen) atoms. The molecule has 10 heteroatoms. The van der Waals surface area contributed by atoms with Gasteiger partial charge < -0.3 is 9.84 Å². The highest BCUT2D eigenvalue weighted by Crippen LogP contribution is 2.33. The smallest absolute Gasteiger partial charge is 0.342 e. The highest BCUT2D eigenvalue weighted by atomic mass is 127. The monoisotopic (exact) mass is 681 g/mol. The Bertz CT molecular complexity index is 1100. The zero-order chi connectivity index (χ0) is 22.4. The van der Waals surface area contributed by atoms with Crippen LogP contribution in [0.1, 0.15) is 30.3 Å². The molecule has 0 spiro atoms. The molecule has 3 aromatic rings. The number of hydrogen-bond acceptors (Lipinski definition) is 5. The number of carbonyl (C=O) groups is 1. The van der Waals surface area contributed by atoms with E-state index >= 15 is 0 Å². The van der Waals surface area contributed by atoms with Crippen LogP contribution in [0, 0.1) is 7.14 Å². The first-order chi connectivity index (χ1) is 14.9. The normalized spacial score (nSPS) is 11.5. The van der Waals surface area contributed by atoms with Gasteiger partial charge in [0.1, 0.15) is 23.1 Å². The Morgan fingerprint density at radius 2 is 2.00 bits per heavy atom. The number of hydrogen-bond donors (Lipinski definition) is 2. The van der Waals surface area contributed by atoms with Gasteiger partial charge in [-0.15, -0.1) is 5.10 Å². The lowest BCUT2D eigenvalue weighted by atomic mass is 10.2. The Morgan fingerprint density at radius 1 is 1.29 bits per heavy atom. The molecule has 1 heterocycles. The van der Waals surface area contributed by atoms with E-state index in [1.165, 1.54) is 0 Å². The zero-order valence-electron chi connectivity index (χ0n) is 16.4. The minimum absolute atomic E-state index is 0.137. The number of thioether (sulfide) groups is 1. The highest BCUT2D eigenvalue weighted by Gasteiger charge is 2.15. The number of nitrogens with one attached hydrogen (secondary N) is 1. The van der Waals surface area contributed by atoms with E-state index in [4.69, 9.17) is 16.3 Å². The molecule has 0 radical (unpaired) electrons. The van der Waals surface area contributed by atoms with Gasteiger partial charge in [-0.3, -0.25) is 5.10 Å². The summed E-state index contributed by atoms with van der Waals surface area (Å²) in [5.74, 6) is 0.454. The molecule has 3 rings (SSSR count). The maximum Gasteiger partial charge on any atom is 0.342 e. The third-order valence-corrected chi connectivity index (χ3v) is 6.91. The number of nitrogens with zero attached hydrogens (tertiary/aromatic N) is 2. The molecule has 0 bridgehead atoms. The summed E-state index contributed by atoms with van der Waals surface area (Å²) >= 11 is 11.6. The van der Waals surface area contributed by atoms with E-state index in [-0.39, 0.29) is 4.91 Å². The molecule has 0 unspecified atom stereocenters. The van der Waals surface area contributed by atoms with E-state index in [2.05, 4.69) is 60.4 Å². The molecular formula is C21H18ClI2N3O3S. The van der Waals surface area contributed by atoms with Crippen molar-refractivity contribution in [2.75, 3.05) is 0 Å². The van der Waals surface area contributed by atoms with Gasteiger partial charge >= 0.3 is 5.97 Å². The first-order valence-electron chi connectivity index (χ1n) is 9.26. The van der Waals surface area contributed by atoms with Crippen molar-refractivity contribution < 1.29 is 14.6 Å². The van der Waals surface area contributed by atoms with Gasteiger partial charge in [-0.1, -0.05) is 36.7 Å². The second-order valence-corrected chi connectivity index (χ2v) is 10.2. The van der Waals surface area contributed by atoms with Gasteiger partial charge in [0, 0.05) is 17.0 Å². The van der Waals surface area contributed by atoms with Crippen LogP contribution < -0.4 is 4.74 Å². The van der Waals surface area contributed by atoms with Crippen molar-refractivity contribution in [2.24, 2.45) is 0 Å². The second kappa shape index (κ2) is 11.5. The summed E-state index contributed by atoms with van der Waals surface area (Å²) in [6.07, 6.45) is 3.32. The summed E-state index contributed by atoms with van der Waals surface area (Å²) in [6, 6.07) is 11.3. The van der Waals surface area contributed by atoms with E-state index < -0.39 is 5.97 Å². The predicted molar refractivity (Wildman–Crippen MR) is 140 cm³/mol. The Kier molecular flexibility index (Phi) is 9.05. The summed E-state index contributed by atoms with van der Waals surface area (Å²) in [4.78, 5) is 16.2. The molecule has 0 saturated heterocycles. The average molecular weight is 682 g/mol. The van der Waals surface area contributed by atoms with Crippen LogP contribution >= 0.6 is 68.5 Å². The number of aryl methyl sites for hydroxylation is 1. The van der Waals surface area contributed by atoms with E-state index in [0.29, 0.717) is 16.8 Å². The van der Waals surface area contributed by atoms with Crippen molar-refractivity contribution in [3.8, 4) is 5.75 Å². The minimum Gasteiger partial charge on any atom is -0.487 e. The first kappa shape index (κ1) is 24.3. The maximum absolute atomic E-state index is 11.8. The number of aromatic amines is 1. The zero-order valence-corrected chi connectivity index (χ0v) is 22.3. The number of rotatable bonds is 9. The summed E-state index contributed by atoms with van der Waals surface area (Å²) < 4.78 is 7.75. The first-order valence-corrected chi connectivity index (χ1v) is 12.6. The predicted octanol–water partition coefficient (Wildman–Crippen LogP) is 6.42. The lowest BCUT2D eigenvalue weighted by molar-refractivity contribution is -0.131. The molecule has 6 nitrogen and oxygen atoms in total. The molecule has 2 aromatic carbocycles. The van der Waals surface area contributed by atoms with Crippen molar-refractivity contribution in [1.29, 1.82) is 0 Å². The van der Waals surface area contributed by atoms with Crippen LogP contribution in [0.3, 0.4) is 0 Å². The van der Waals surface area contributed by atoms with Crippen LogP contribution in [0.4, 0.5) is 0 Å². The number of carboxylic acid groups (broad SMARTS) is 1. The molecule has 0 aliphatic carbocycles. The number of H-pyrrole nitrogens is 1. The van der Waals surface area contributed by atoms with Crippen molar-refractivity contribution in [3.63, 3.8) is 0 Å². The van der Waals surface area contributed by atoms with Crippen LogP contribution in [0.25, 0.3) is 6.08 Å². The van der Waals surface area contributed by atoms with E-state index in [0.717, 1.165) is 54.4 Å². The number of benzene rings is 2. The Hall–Kier alpha value is -1.31. The SMILES string of the molecule is CCCc1nc(S/C(=C\c2cc(I)c(OCc3ccccc3Cl)c(I)c2)C(=O)O)n[nH]1. The molecule has 0 aliphatic rings. The van der Waals surface area contributed by atoms with Gasteiger partial charge in [-0.2, -0.15) is 0 Å². The molecule has 1 aromatic heterocycles. The van der Waals surface area contributed by atoms with Gasteiger partial charge in [-0.05, 0) is 93.2 Å². The number of ether oxygens (including phenoxy) is 1. The third kappa shape index (κ3) is 6.83. The summed E-state index contributed by atoms with van der Waals surface area (Å²) in [5, 5.41) is 17.6. The number of aliphatic carboxylic acids is 1. The fourth-order valence-corrected chi connectivity index (χ4v) is 5.67. The average Bonchev–Trinajstić information content (AvgIpc) is 3.15. The van der Waals surface area contributed by atoms with Gasteiger partial charge in [0.05, 0.1) is 7.14 Å². The summed E-state index contributed by atoms with van der Waals surface area (Å²) in [7, 11) is 0. The molecule has 0 atom stereocenters. The van der Waals surface area contributed by atoms with Gasteiger partial charge in [-0.25, -0.2) is 9.78 Å². The lowest BCUT2D eigenvalue weighted by Crippen LogP contribution is -2.01. The van der Waals surface area contributed by atoms with Crippen LogP contribution in [0.2, 0.25) is 5.02 Å².